The fourth-order valence-electron chi connectivity index (χ4n) is 3.30. The molecule has 1 saturated heterocycles. The van der Waals surface area contributed by atoms with Crippen LogP contribution >= 0.6 is 12.4 Å². The van der Waals surface area contributed by atoms with Gasteiger partial charge in [-0.05, 0) is 31.5 Å². The molecule has 0 atom stereocenters. The Labute approximate surface area is 138 Å². The van der Waals surface area contributed by atoms with Gasteiger partial charge in [0.2, 0.25) is 0 Å². The predicted molar refractivity (Wildman–Crippen MR) is 92.9 cm³/mol. The molecule has 1 aliphatic rings. The van der Waals surface area contributed by atoms with Gasteiger partial charge in [0.15, 0.2) is 5.78 Å². The zero-order valence-electron chi connectivity index (χ0n) is 12.6. The Morgan fingerprint density at radius 1 is 0.909 bits per heavy atom. The summed E-state index contributed by atoms with van der Waals surface area (Å²) < 4.78 is 0. The van der Waals surface area contributed by atoms with E-state index in [0.717, 1.165) is 31.5 Å². The van der Waals surface area contributed by atoms with Gasteiger partial charge in [0, 0.05) is 17.4 Å². The lowest BCUT2D eigenvalue weighted by Gasteiger charge is -2.38. The standard InChI is InChI=1S/C19H21NO.ClH/c21-18(16-7-3-1-4-8-16)15-19(11-13-20-14-12-19)17-9-5-2-6-10-17;/h1-10,20H,11-15H2;1H. The SMILES string of the molecule is Cl.O=C(CC1(c2ccccc2)CCNCC1)c1ccccc1. The van der Waals surface area contributed by atoms with Crippen LogP contribution in [0, 0.1) is 0 Å². The Hall–Kier alpha value is -1.64. The van der Waals surface area contributed by atoms with E-state index in [0.29, 0.717) is 6.42 Å². The zero-order valence-corrected chi connectivity index (χ0v) is 13.4. The molecule has 3 rings (SSSR count). The van der Waals surface area contributed by atoms with Crippen molar-refractivity contribution in [2.75, 3.05) is 13.1 Å². The summed E-state index contributed by atoms with van der Waals surface area (Å²) in [5.74, 6) is 0.251. The lowest BCUT2D eigenvalue weighted by atomic mass is 9.69. The third-order valence-electron chi connectivity index (χ3n) is 4.54. The predicted octanol–water partition coefficient (Wildman–Crippen LogP) is 4.00. The molecule has 0 bridgehead atoms. The van der Waals surface area contributed by atoms with Crippen LogP contribution < -0.4 is 5.32 Å². The Morgan fingerprint density at radius 2 is 1.45 bits per heavy atom. The highest BCUT2D eigenvalue weighted by Gasteiger charge is 2.35. The number of piperidine rings is 1. The molecule has 1 aliphatic heterocycles. The molecule has 0 unspecified atom stereocenters. The van der Waals surface area contributed by atoms with Gasteiger partial charge < -0.3 is 5.32 Å². The van der Waals surface area contributed by atoms with Gasteiger partial charge in [0.05, 0.1) is 0 Å². The largest absolute Gasteiger partial charge is 0.317 e. The number of Topliss-reactive ketones (excluding diaryl/α,β-unsaturated/α-hetero) is 1. The maximum absolute atomic E-state index is 12.7. The Morgan fingerprint density at radius 3 is 2.05 bits per heavy atom. The first kappa shape index (κ1) is 16.7. The van der Waals surface area contributed by atoms with Crippen molar-refractivity contribution < 1.29 is 4.79 Å². The van der Waals surface area contributed by atoms with E-state index in [2.05, 4.69) is 29.6 Å². The number of hydrogen-bond acceptors (Lipinski definition) is 2. The number of carbonyl (C=O) groups is 1. The van der Waals surface area contributed by atoms with Gasteiger partial charge in [-0.1, -0.05) is 60.7 Å². The van der Waals surface area contributed by atoms with Gasteiger partial charge in [-0.3, -0.25) is 4.79 Å². The minimum atomic E-state index is -0.0144. The smallest absolute Gasteiger partial charge is 0.163 e. The van der Waals surface area contributed by atoms with E-state index in [1.807, 2.05) is 36.4 Å². The fraction of sp³-hybridized carbons (Fsp3) is 0.316. The molecule has 2 aromatic rings. The average Bonchev–Trinajstić information content (AvgIpc) is 2.57. The van der Waals surface area contributed by atoms with E-state index in [4.69, 9.17) is 0 Å². The number of rotatable bonds is 4. The normalized spacial score (nSPS) is 16.5. The number of ketones is 1. The molecular formula is C19H22ClNO. The number of nitrogens with one attached hydrogen (secondary N) is 1. The molecule has 0 spiro atoms. The van der Waals surface area contributed by atoms with E-state index < -0.39 is 0 Å². The molecular weight excluding hydrogens is 294 g/mol. The second-order valence-electron chi connectivity index (χ2n) is 5.86. The lowest BCUT2D eigenvalue weighted by Crippen LogP contribution is -2.41. The number of carbonyl (C=O) groups excluding carboxylic acids is 1. The van der Waals surface area contributed by atoms with Crippen molar-refractivity contribution >= 4 is 18.2 Å². The molecule has 0 aromatic heterocycles. The van der Waals surface area contributed by atoms with Crippen LogP contribution in [0.1, 0.15) is 35.2 Å². The molecule has 3 heteroatoms. The minimum Gasteiger partial charge on any atom is -0.317 e. The molecule has 116 valence electrons. The maximum Gasteiger partial charge on any atom is 0.163 e. The summed E-state index contributed by atoms with van der Waals surface area (Å²) in [6.45, 7) is 1.97. The zero-order chi connectivity index (χ0) is 14.5. The van der Waals surface area contributed by atoms with Gasteiger partial charge in [0.1, 0.15) is 0 Å². The highest BCUT2D eigenvalue weighted by Crippen LogP contribution is 2.37. The highest BCUT2D eigenvalue weighted by molar-refractivity contribution is 5.96. The van der Waals surface area contributed by atoms with Crippen LogP contribution in [0.2, 0.25) is 0 Å². The van der Waals surface area contributed by atoms with Crippen LogP contribution in [0.5, 0.6) is 0 Å². The van der Waals surface area contributed by atoms with E-state index in [-0.39, 0.29) is 23.6 Å². The van der Waals surface area contributed by atoms with Crippen LogP contribution in [-0.4, -0.2) is 18.9 Å². The molecule has 0 amide bonds. The van der Waals surface area contributed by atoms with E-state index >= 15 is 0 Å². The van der Waals surface area contributed by atoms with Crippen LogP contribution in [0.4, 0.5) is 0 Å². The summed E-state index contributed by atoms with van der Waals surface area (Å²) >= 11 is 0. The van der Waals surface area contributed by atoms with Crippen LogP contribution in [0.3, 0.4) is 0 Å². The summed E-state index contributed by atoms with van der Waals surface area (Å²) in [4.78, 5) is 12.7. The summed E-state index contributed by atoms with van der Waals surface area (Å²) in [7, 11) is 0. The summed E-state index contributed by atoms with van der Waals surface area (Å²) in [6.07, 6.45) is 2.65. The van der Waals surface area contributed by atoms with Gasteiger partial charge in [-0.2, -0.15) is 0 Å². The van der Waals surface area contributed by atoms with Gasteiger partial charge in [-0.15, -0.1) is 12.4 Å². The Kier molecular flexibility index (Phi) is 5.76. The van der Waals surface area contributed by atoms with Crippen molar-refractivity contribution in [2.45, 2.75) is 24.7 Å². The molecule has 22 heavy (non-hydrogen) atoms. The topological polar surface area (TPSA) is 29.1 Å². The molecule has 1 fully saturated rings. The molecule has 0 radical (unpaired) electrons. The van der Waals surface area contributed by atoms with Crippen LogP contribution in [0.15, 0.2) is 60.7 Å². The first-order chi connectivity index (χ1) is 10.3. The van der Waals surface area contributed by atoms with Gasteiger partial charge in [-0.25, -0.2) is 0 Å². The highest BCUT2D eigenvalue weighted by atomic mass is 35.5. The molecule has 2 aromatic carbocycles. The summed E-state index contributed by atoms with van der Waals surface area (Å²) in [5.41, 5.74) is 2.11. The number of hydrogen-bond donors (Lipinski definition) is 1. The van der Waals surface area contributed by atoms with Crippen molar-refractivity contribution in [1.82, 2.24) is 5.32 Å². The average molecular weight is 316 g/mol. The van der Waals surface area contributed by atoms with Crippen molar-refractivity contribution in [3.8, 4) is 0 Å². The van der Waals surface area contributed by atoms with Crippen molar-refractivity contribution in [2.24, 2.45) is 0 Å². The third kappa shape index (κ3) is 3.57. The second kappa shape index (κ2) is 7.57. The van der Waals surface area contributed by atoms with Crippen molar-refractivity contribution in [3.05, 3.63) is 71.8 Å². The van der Waals surface area contributed by atoms with Crippen LogP contribution in [-0.2, 0) is 5.41 Å². The quantitative estimate of drug-likeness (QED) is 0.864. The monoisotopic (exact) mass is 315 g/mol. The first-order valence-electron chi connectivity index (χ1n) is 7.65. The number of benzene rings is 2. The number of halogens is 1. The first-order valence-corrected chi connectivity index (χ1v) is 7.65. The van der Waals surface area contributed by atoms with E-state index in [9.17, 15) is 4.79 Å². The van der Waals surface area contributed by atoms with Gasteiger partial charge >= 0.3 is 0 Å². The second-order valence-corrected chi connectivity index (χ2v) is 5.86. The molecule has 1 N–H and O–H groups in total. The lowest BCUT2D eigenvalue weighted by molar-refractivity contribution is 0.0934. The van der Waals surface area contributed by atoms with E-state index in [1.165, 1.54) is 5.56 Å². The minimum absolute atomic E-state index is 0. The van der Waals surface area contributed by atoms with E-state index in [1.54, 1.807) is 0 Å². The Bertz CT molecular complexity index is 591. The van der Waals surface area contributed by atoms with Crippen molar-refractivity contribution in [3.63, 3.8) is 0 Å². The summed E-state index contributed by atoms with van der Waals surface area (Å²) in [6, 6.07) is 20.2. The fourth-order valence-corrected chi connectivity index (χ4v) is 3.30. The van der Waals surface area contributed by atoms with Crippen LogP contribution in [0.25, 0.3) is 0 Å². The molecule has 0 saturated carbocycles. The maximum atomic E-state index is 12.7. The summed E-state index contributed by atoms with van der Waals surface area (Å²) in [5, 5.41) is 3.41. The molecule has 0 aliphatic carbocycles. The third-order valence-corrected chi connectivity index (χ3v) is 4.54. The molecule has 2 nitrogen and oxygen atoms in total. The van der Waals surface area contributed by atoms with Crippen molar-refractivity contribution in [1.29, 1.82) is 0 Å². The Balaban J connectivity index is 0.00000176. The van der Waals surface area contributed by atoms with Gasteiger partial charge in [0.25, 0.3) is 0 Å². The molecule has 1 heterocycles.